The van der Waals surface area contributed by atoms with Gasteiger partial charge in [0, 0.05) is 29.2 Å². The van der Waals surface area contributed by atoms with Crippen molar-refractivity contribution in [1.29, 1.82) is 0 Å². The Balaban J connectivity index is 1.67. The van der Waals surface area contributed by atoms with Gasteiger partial charge in [0.25, 0.3) is 0 Å². The molecule has 3 aromatic rings. The summed E-state index contributed by atoms with van der Waals surface area (Å²) in [5.74, 6) is 0.342. The van der Waals surface area contributed by atoms with Crippen LogP contribution in [0.15, 0.2) is 59.9 Å². The molecule has 0 saturated carbocycles. The summed E-state index contributed by atoms with van der Waals surface area (Å²) in [7, 11) is 0. The molecule has 2 aromatic carbocycles. The first-order chi connectivity index (χ1) is 14.0. The molecular weight excluding hydrogens is 366 g/mol. The smallest absolute Gasteiger partial charge is 0.223 e. The molecule has 150 valence electrons. The minimum absolute atomic E-state index is 0.0457. The Labute approximate surface area is 169 Å². The molecule has 1 aliphatic heterocycles. The van der Waals surface area contributed by atoms with Gasteiger partial charge in [-0.05, 0) is 41.8 Å². The molecule has 0 fully saturated rings. The molecule has 29 heavy (non-hydrogen) atoms. The van der Waals surface area contributed by atoms with Crippen molar-refractivity contribution in [1.82, 2.24) is 10.3 Å². The van der Waals surface area contributed by atoms with E-state index in [1.165, 1.54) is 0 Å². The first kappa shape index (κ1) is 19.1. The van der Waals surface area contributed by atoms with Gasteiger partial charge >= 0.3 is 0 Å². The van der Waals surface area contributed by atoms with Crippen molar-refractivity contribution in [2.75, 3.05) is 6.54 Å². The Hall–Kier alpha value is -3.28. The summed E-state index contributed by atoms with van der Waals surface area (Å²) < 4.78 is 0. The van der Waals surface area contributed by atoms with Gasteiger partial charge < -0.3 is 20.2 Å². The summed E-state index contributed by atoms with van der Waals surface area (Å²) in [4.78, 5) is 21.6. The molecule has 2 heterocycles. The number of carbonyl (C=O) groups excluding carboxylic acids is 1. The van der Waals surface area contributed by atoms with Crippen LogP contribution in [0, 0.1) is 5.92 Å². The zero-order valence-electron chi connectivity index (χ0n) is 16.6. The van der Waals surface area contributed by atoms with Crippen molar-refractivity contribution in [3.63, 3.8) is 0 Å². The molecule has 4 rings (SSSR count). The van der Waals surface area contributed by atoms with Gasteiger partial charge in [0.1, 0.15) is 11.9 Å². The highest BCUT2D eigenvalue weighted by molar-refractivity contribution is 6.08. The van der Waals surface area contributed by atoms with Gasteiger partial charge in [-0.25, -0.2) is 0 Å². The van der Waals surface area contributed by atoms with E-state index in [4.69, 9.17) is 4.84 Å². The van der Waals surface area contributed by atoms with Gasteiger partial charge in [-0.2, -0.15) is 0 Å². The van der Waals surface area contributed by atoms with Crippen molar-refractivity contribution in [2.24, 2.45) is 11.1 Å². The summed E-state index contributed by atoms with van der Waals surface area (Å²) in [6.45, 7) is 4.76. The second kappa shape index (κ2) is 7.99. The zero-order chi connectivity index (χ0) is 20.4. The summed E-state index contributed by atoms with van der Waals surface area (Å²) in [5.41, 5.74) is 3.70. The highest BCUT2D eigenvalue weighted by atomic mass is 16.6. The van der Waals surface area contributed by atoms with Crippen molar-refractivity contribution < 1.29 is 14.7 Å². The maximum Gasteiger partial charge on any atom is 0.223 e. The van der Waals surface area contributed by atoms with Crippen molar-refractivity contribution in [3.8, 4) is 5.75 Å². The molecule has 6 nitrogen and oxygen atoms in total. The first-order valence-corrected chi connectivity index (χ1v) is 9.88. The number of nitrogens with zero attached hydrogens (tertiary/aromatic N) is 1. The third-order valence-corrected chi connectivity index (χ3v) is 5.17. The number of carbonyl (C=O) groups is 1. The Kier molecular flexibility index (Phi) is 5.25. The third-order valence-electron chi connectivity index (χ3n) is 5.17. The van der Waals surface area contributed by atoms with Crippen LogP contribution < -0.4 is 5.32 Å². The van der Waals surface area contributed by atoms with Crippen molar-refractivity contribution >= 4 is 22.5 Å². The summed E-state index contributed by atoms with van der Waals surface area (Å²) in [6.07, 6.45) is 1.80. The van der Waals surface area contributed by atoms with Crippen LogP contribution in [-0.4, -0.2) is 34.4 Å². The van der Waals surface area contributed by atoms with Gasteiger partial charge in [0.05, 0.1) is 18.1 Å². The lowest BCUT2D eigenvalue weighted by molar-refractivity contribution is -0.123. The maximum atomic E-state index is 12.5. The van der Waals surface area contributed by atoms with E-state index >= 15 is 0 Å². The lowest BCUT2D eigenvalue weighted by Gasteiger charge is -2.19. The predicted molar refractivity (Wildman–Crippen MR) is 113 cm³/mol. The highest BCUT2D eigenvalue weighted by Gasteiger charge is 2.39. The van der Waals surface area contributed by atoms with E-state index in [1.807, 2.05) is 36.5 Å². The molecule has 2 atom stereocenters. The molecule has 2 unspecified atom stereocenters. The molecule has 1 amide bonds. The average Bonchev–Trinajstić information content (AvgIpc) is 3.31. The Bertz CT molecular complexity index is 1040. The standard InChI is InChI=1S/C23H25N3O3/c1-14(2)12-25-21(28)11-20-22(18-13-24-19-6-4-3-5-17(18)19)23(26-29-20)15-7-9-16(27)10-8-15/h3-10,13-14,20,22,24,27H,11-12H2,1-2H3,(H,25,28). The number of phenolic OH excluding ortho intramolecular Hbond substituents is 1. The van der Waals surface area contributed by atoms with Gasteiger partial charge in [-0.1, -0.05) is 37.2 Å². The van der Waals surface area contributed by atoms with Crippen LogP contribution in [0.25, 0.3) is 10.9 Å². The monoisotopic (exact) mass is 391 g/mol. The Morgan fingerprint density at radius 3 is 2.72 bits per heavy atom. The molecule has 0 bridgehead atoms. The van der Waals surface area contributed by atoms with Gasteiger partial charge in [-0.15, -0.1) is 0 Å². The van der Waals surface area contributed by atoms with E-state index in [9.17, 15) is 9.90 Å². The van der Waals surface area contributed by atoms with Crippen LogP contribution in [-0.2, 0) is 9.63 Å². The number of fused-ring (bicyclic) bond motifs is 1. The number of nitrogens with one attached hydrogen (secondary N) is 2. The molecular formula is C23H25N3O3. The van der Waals surface area contributed by atoms with Crippen LogP contribution in [0.5, 0.6) is 5.75 Å². The number of benzene rings is 2. The van der Waals surface area contributed by atoms with Crippen LogP contribution in [0.4, 0.5) is 0 Å². The second-order valence-electron chi connectivity index (χ2n) is 7.84. The fourth-order valence-electron chi connectivity index (χ4n) is 3.71. The number of aromatic hydroxyl groups is 1. The normalized spacial score (nSPS) is 18.7. The second-order valence-corrected chi connectivity index (χ2v) is 7.84. The Morgan fingerprint density at radius 1 is 1.21 bits per heavy atom. The minimum atomic E-state index is -0.398. The lowest BCUT2D eigenvalue weighted by atomic mass is 9.84. The van der Waals surface area contributed by atoms with Crippen molar-refractivity contribution in [2.45, 2.75) is 32.3 Å². The van der Waals surface area contributed by atoms with E-state index < -0.39 is 6.10 Å². The first-order valence-electron chi connectivity index (χ1n) is 9.88. The van der Waals surface area contributed by atoms with Gasteiger partial charge in [0.2, 0.25) is 5.91 Å². The predicted octanol–water partition coefficient (Wildman–Crippen LogP) is 3.92. The minimum Gasteiger partial charge on any atom is -0.508 e. The highest BCUT2D eigenvalue weighted by Crippen LogP contribution is 2.37. The molecule has 6 heteroatoms. The fourth-order valence-corrected chi connectivity index (χ4v) is 3.71. The number of hydrogen-bond donors (Lipinski definition) is 3. The number of amides is 1. The fraction of sp³-hybridized carbons (Fsp3) is 0.304. The molecule has 0 spiro atoms. The summed E-state index contributed by atoms with van der Waals surface area (Å²) in [6, 6.07) is 15.0. The SMILES string of the molecule is CC(C)CNC(=O)CC1ON=C(c2ccc(O)cc2)C1c1c[nH]c2ccccc12. The number of para-hydroxylation sites is 1. The number of aromatic amines is 1. The summed E-state index contributed by atoms with van der Waals surface area (Å²) in [5, 5.41) is 18.0. The number of rotatable bonds is 6. The number of phenols is 1. The van der Waals surface area contributed by atoms with Crippen molar-refractivity contribution in [3.05, 3.63) is 65.9 Å². The van der Waals surface area contributed by atoms with Crippen LogP contribution >= 0.6 is 0 Å². The third kappa shape index (κ3) is 3.97. The lowest BCUT2D eigenvalue weighted by Crippen LogP contribution is -2.33. The van der Waals surface area contributed by atoms with E-state index in [1.54, 1.807) is 12.1 Å². The molecule has 1 aliphatic rings. The molecule has 1 aromatic heterocycles. The summed E-state index contributed by atoms with van der Waals surface area (Å²) >= 11 is 0. The quantitative estimate of drug-likeness (QED) is 0.595. The van der Waals surface area contributed by atoms with E-state index in [2.05, 4.69) is 35.4 Å². The number of oxime groups is 1. The number of H-pyrrole nitrogens is 1. The zero-order valence-corrected chi connectivity index (χ0v) is 16.6. The van der Waals surface area contributed by atoms with Gasteiger partial charge in [0.15, 0.2) is 0 Å². The molecule has 3 N–H and O–H groups in total. The topological polar surface area (TPSA) is 86.7 Å². The van der Waals surface area contributed by atoms with Crippen LogP contribution in [0.3, 0.4) is 0 Å². The largest absolute Gasteiger partial charge is 0.508 e. The van der Waals surface area contributed by atoms with Crippen LogP contribution in [0.1, 0.15) is 37.3 Å². The number of hydrogen-bond acceptors (Lipinski definition) is 4. The number of aromatic nitrogens is 1. The Morgan fingerprint density at radius 2 is 1.97 bits per heavy atom. The van der Waals surface area contributed by atoms with Crippen LogP contribution in [0.2, 0.25) is 0 Å². The maximum absolute atomic E-state index is 12.5. The van der Waals surface area contributed by atoms with E-state index in [0.717, 1.165) is 27.7 Å². The molecule has 0 radical (unpaired) electrons. The van der Waals surface area contributed by atoms with E-state index in [0.29, 0.717) is 12.5 Å². The molecule has 0 saturated heterocycles. The molecule has 0 aliphatic carbocycles. The average molecular weight is 391 g/mol. The van der Waals surface area contributed by atoms with Gasteiger partial charge in [-0.3, -0.25) is 4.79 Å². The van der Waals surface area contributed by atoms with E-state index in [-0.39, 0.29) is 24.0 Å².